The van der Waals surface area contributed by atoms with Gasteiger partial charge in [0.15, 0.2) is 0 Å². The van der Waals surface area contributed by atoms with Crippen molar-refractivity contribution in [2.24, 2.45) is 7.05 Å². The van der Waals surface area contributed by atoms with Gasteiger partial charge in [-0.05, 0) is 229 Å². The summed E-state index contributed by atoms with van der Waals surface area (Å²) < 4.78 is 20.1. The van der Waals surface area contributed by atoms with Gasteiger partial charge in [0.05, 0.1) is 44.1 Å². The highest BCUT2D eigenvalue weighted by atomic mass is 32.1. The van der Waals surface area contributed by atoms with Crippen LogP contribution in [0.3, 0.4) is 0 Å². The third-order valence-corrected chi connectivity index (χ3v) is 32.1. The zero-order valence-corrected chi connectivity index (χ0v) is 78.0. The monoisotopic (exact) mass is 1760 g/mol. The summed E-state index contributed by atoms with van der Waals surface area (Å²) in [5, 5.41) is 21.4. The van der Waals surface area contributed by atoms with Crippen LogP contribution in [0.25, 0.3) is 215 Å². The van der Waals surface area contributed by atoms with Crippen molar-refractivity contribution in [3.05, 3.63) is 445 Å². The lowest BCUT2D eigenvalue weighted by Gasteiger charge is -2.21. The van der Waals surface area contributed by atoms with E-state index >= 15 is 0 Å². The molecule has 0 aliphatic heterocycles. The highest BCUT2D eigenvalue weighted by Gasteiger charge is 2.38. The quantitative estimate of drug-likeness (QED) is 0.168. The highest BCUT2D eigenvalue weighted by molar-refractivity contribution is 7.27. The summed E-state index contributed by atoms with van der Waals surface area (Å²) in [6.45, 7) is 17.9. The van der Waals surface area contributed by atoms with E-state index in [1.54, 1.807) is 0 Å². The molecule has 0 saturated heterocycles. The first-order valence-electron chi connectivity index (χ1n) is 46.1. The molecule has 0 fully saturated rings. The Bertz CT molecular complexity index is 9380. The van der Waals surface area contributed by atoms with Gasteiger partial charge in [-0.2, -0.15) is 0 Å². The minimum absolute atomic E-state index is 0.00794. The lowest BCUT2D eigenvalue weighted by Crippen LogP contribution is -2.14. The maximum absolute atomic E-state index is 2.44. The van der Waals surface area contributed by atoms with Crippen LogP contribution in [-0.2, 0) is 17.9 Å². The molecule has 29 rings (SSSR count). The molecule has 0 spiro atoms. The molecule has 8 aromatic heterocycles. The Labute approximate surface area is 783 Å². The summed E-state index contributed by atoms with van der Waals surface area (Å²) in [6, 6.07) is 147. The SMILES string of the molecule is Cc1ccc(-n2c3ccccc3c3c4sc5ccccc5c4ccc32)cc1.Cc1ccc(-n2c3ccccc3c3cc4c(cc32)sc2ccccc24)cc1.Cc1ccc(-n2c3ccccc3c3cc4sc5ccccc5c4cc32)cc1.Cc1cccc(-n2c3ccccc3c3cc4c(cc32)C(C)(C)c2ccccc2-4)c1.Cn1c2ccccc2c2cc3c(cc21)C(C)(C)c1ccccc1-3. The van der Waals surface area contributed by atoms with Crippen LogP contribution in [0, 0.1) is 27.7 Å². The van der Waals surface area contributed by atoms with Gasteiger partial charge in [-0.15, -0.1) is 34.0 Å². The van der Waals surface area contributed by atoms with Crippen LogP contribution in [0.15, 0.2) is 400 Å². The summed E-state index contributed by atoms with van der Waals surface area (Å²) in [5.41, 5.74) is 34.1. The number of aromatic nitrogens is 5. The van der Waals surface area contributed by atoms with Crippen molar-refractivity contribution in [3.63, 3.8) is 0 Å². The zero-order valence-electron chi connectivity index (χ0n) is 75.6. The molecule has 0 bridgehead atoms. The molecule has 19 aromatic carbocycles. The first-order valence-corrected chi connectivity index (χ1v) is 48.6. The Morgan fingerprint density at radius 2 is 0.549 bits per heavy atom. The summed E-state index contributed by atoms with van der Waals surface area (Å²) in [4.78, 5) is 0. The maximum Gasteiger partial charge on any atom is 0.0555 e. The van der Waals surface area contributed by atoms with Crippen LogP contribution in [-0.4, -0.2) is 22.8 Å². The normalized spacial score (nSPS) is 13.0. The van der Waals surface area contributed by atoms with E-state index in [0.717, 1.165) is 0 Å². The fourth-order valence-electron chi connectivity index (χ4n) is 22.1. The molecule has 8 heterocycles. The molecule has 27 aromatic rings. The number of thiophene rings is 3. The zero-order chi connectivity index (χ0) is 89.4. The van der Waals surface area contributed by atoms with Crippen LogP contribution in [0.5, 0.6) is 0 Å². The van der Waals surface area contributed by atoms with Gasteiger partial charge in [0.1, 0.15) is 0 Å². The summed E-state index contributed by atoms with van der Waals surface area (Å²) in [7, 11) is 2.17. The minimum Gasteiger partial charge on any atom is -0.344 e. The predicted molar refractivity (Wildman–Crippen MR) is 576 cm³/mol. The topological polar surface area (TPSA) is 24.6 Å². The van der Waals surface area contributed by atoms with E-state index < -0.39 is 0 Å². The summed E-state index contributed by atoms with van der Waals surface area (Å²) in [5.74, 6) is 0. The Balaban J connectivity index is 0.0000000893. The third-order valence-electron chi connectivity index (χ3n) is 28.7. The van der Waals surface area contributed by atoms with E-state index in [2.05, 4.69) is 486 Å². The number of fused-ring (bicyclic) bond motifs is 31. The molecule has 5 nitrogen and oxygen atoms in total. The molecule has 0 saturated carbocycles. The van der Waals surface area contributed by atoms with Crippen molar-refractivity contribution in [1.82, 2.24) is 22.8 Å². The molecule has 0 amide bonds. The minimum atomic E-state index is 0.00794. The van der Waals surface area contributed by atoms with Gasteiger partial charge >= 0.3 is 0 Å². The van der Waals surface area contributed by atoms with Gasteiger partial charge in [-0.3, -0.25) is 0 Å². The third kappa shape index (κ3) is 12.7. The standard InChI is InChI=1S/C28H23N.3C25H17NS.C22H19N/c1-18-9-8-10-19(15-18)29-26-14-7-5-12-21(26)23-16-22-20-11-4-6-13-24(20)28(2,3)25(22)17-27(23)29;1-16-10-12-17(13-11-16)26-21-8-4-2-7-20(21)24-22(26)15-14-19-18-6-3-5-9-23(18)27-25(19)24;1-16-10-12-17(13-11-16)26-22-8-4-2-6-18(22)20-15-25-21(14-23(20)26)19-7-3-5-9-24(19)27-25;1-16-10-12-17(13-11-16)26-22-8-4-2-6-18(22)20-14-21-19-7-3-5-9-24(19)27-25(21)15-23(20)26;1-22(2)18-10-6-4-8-14(18)16-12-17-15-9-5-7-11-20(15)23(3)21(17)13-19(16)22/h4-17H,1-3H3;3*2-15H,1H3;4-13H,1-3H3. The predicted octanol–water partition coefficient (Wildman–Crippen LogP) is 35.4. The van der Waals surface area contributed by atoms with Gasteiger partial charge in [-0.25, -0.2) is 0 Å². The maximum atomic E-state index is 2.44. The largest absolute Gasteiger partial charge is 0.344 e. The van der Waals surface area contributed by atoms with Crippen molar-refractivity contribution in [1.29, 1.82) is 0 Å². The number of aryl methyl sites for hydroxylation is 5. The molecule has 2 aliphatic rings. The highest BCUT2D eigenvalue weighted by Crippen LogP contribution is 2.54. The van der Waals surface area contributed by atoms with Gasteiger partial charge in [-0.1, -0.05) is 293 Å². The molecule has 133 heavy (non-hydrogen) atoms. The molecular formula is C125H93N5S3. The lowest BCUT2D eigenvalue weighted by molar-refractivity contribution is 0.660. The van der Waals surface area contributed by atoms with Crippen molar-refractivity contribution >= 4 is 204 Å². The summed E-state index contributed by atoms with van der Waals surface area (Å²) >= 11 is 5.67. The number of para-hydroxylation sites is 5. The van der Waals surface area contributed by atoms with E-state index in [-0.39, 0.29) is 10.8 Å². The summed E-state index contributed by atoms with van der Waals surface area (Å²) in [6.07, 6.45) is 0. The van der Waals surface area contributed by atoms with Crippen LogP contribution >= 0.6 is 34.0 Å². The number of nitrogens with zero attached hydrogens (tertiary/aromatic N) is 5. The van der Waals surface area contributed by atoms with Crippen LogP contribution < -0.4 is 0 Å². The second-order valence-electron chi connectivity index (χ2n) is 37.4. The average molecular weight is 1760 g/mol. The van der Waals surface area contributed by atoms with Crippen molar-refractivity contribution in [2.45, 2.75) is 66.2 Å². The Morgan fingerprint density at radius 1 is 0.188 bits per heavy atom. The van der Waals surface area contributed by atoms with Crippen molar-refractivity contribution in [3.8, 4) is 45.0 Å². The molecule has 0 radical (unpaired) electrons. The molecule has 0 atom stereocenters. The molecule has 8 heteroatoms. The molecule has 0 N–H and O–H groups in total. The fraction of sp³-hybridized carbons (Fsp3) is 0.0880. The van der Waals surface area contributed by atoms with E-state index in [9.17, 15) is 0 Å². The Hall–Kier alpha value is -15.2. The second kappa shape index (κ2) is 31.0. The molecular weight excluding hydrogens is 1670 g/mol. The van der Waals surface area contributed by atoms with Gasteiger partial charge in [0.2, 0.25) is 0 Å². The van der Waals surface area contributed by atoms with Crippen molar-refractivity contribution < 1.29 is 0 Å². The molecule has 0 unspecified atom stereocenters. The van der Waals surface area contributed by atoms with Crippen LogP contribution in [0.2, 0.25) is 0 Å². The number of hydrogen-bond acceptors (Lipinski definition) is 3. The van der Waals surface area contributed by atoms with Gasteiger partial charge in [0.25, 0.3) is 0 Å². The Kier molecular flexibility index (Phi) is 18.6. The average Bonchev–Trinajstić information content (AvgIpc) is 1.58. The van der Waals surface area contributed by atoms with Gasteiger partial charge < -0.3 is 22.8 Å². The fourth-order valence-corrected chi connectivity index (χ4v) is 25.6. The first kappa shape index (κ1) is 80.0. The number of benzene rings is 19. The Morgan fingerprint density at radius 3 is 1.06 bits per heavy atom. The van der Waals surface area contributed by atoms with Gasteiger partial charge in [0, 0.05) is 166 Å². The molecule has 636 valence electrons. The molecule has 2 aliphatic carbocycles. The smallest absolute Gasteiger partial charge is 0.0555 e. The van der Waals surface area contributed by atoms with E-state index in [0.29, 0.717) is 0 Å². The van der Waals surface area contributed by atoms with E-state index in [1.165, 1.54) is 259 Å². The number of rotatable bonds is 4. The van der Waals surface area contributed by atoms with Crippen molar-refractivity contribution in [2.75, 3.05) is 0 Å². The number of hydrogen-bond donors (Lipinski definition) is 0. The van der Waals surface area contributed by atoms with E-state index in [4.69, 9.17) is 0 Å². The second-order valence-corrected chi connectivity index (χ2v) is 40.6. The van der Waals surface area contributed by atoms with Crippen LogP contribution in [0.1, 0.15) is 72.2 Å². The lowest BCUT2D eigenvalue weighted by atomic mass is 9.82. The first-order chi connectivity index (χ1) is 65.0. The van der Waals surface area contributed by atoms with E-state index in [1.807, 2.05) is 34.0 Å². The van der Waals surface area contributed by atoms with Crippen LogP contribution in [0.4, 0.5) is 0 Å².